The van der Waals surface area contributed by atoms with Crippen molar-refractivity contribution in [2.24, 2.45) is 40.4 Å². The molecule has 0 amide bonds. The van der Waals surface area contributed by atoms with Gasteiger partial charge in [-0.05, 0) is 120 Å². The molecule has 0 bridgehead atoms. The number of hydrogen-bond donors (Lipinski definition) is 8. The molecule has 3 aliphatic heterocycles. The van der Waals surface area contributed by atoms with E-state index >= 15 is 0 Å². The number of ether oxygens (including phenoxy) is 7. The first-order chi connectivity index (χ1) is 29.9. The molecule has 0 aromatic heterocycles. The van der Waals surface area contributed by atoms with Crippen LogP contribution < -0.4 is 4.74 Å². The van der Waals surface area contributed by atoms with Crippen LogP contribution in [0.25, 0.3) is 0 Å². The average molecular weight is 889 g/mol. The predicted molar refractivity (Wildman–Crippen MR) is 222 cm³/mol. The highest BCUT2D eigenvalue weighted by Crippen LogP contribution is 2.69. The summed E-state index contributed by atoms with van der Waals surface area (Å²) in [6.07, 6.45) is -7.23. The van der Waals surface area contributed by atoms with Gasteiger partial charge in [-0.3, -0.25) is 0 Å². The number of aliphatic hydroxyl groups excluding tert-OH is 7. The number of benzene rings is 1. The topological polar surface area (TPSA) is 244 Å². The lowest BCUT2D eigenvalue weighted by molar-refractivity contribution is -0.369. The molecule has 3 saturated heterocycles. The van der Waals surface area contributed by atoms with Crippen molar-refractivity contribution in [1.29, 1.82) is 0 Å². The summed E-state index contributed by atoms with van der Waals surface area (Å²) in [5.74, 6) is -0.573. The summed E-state index contributed by atoms with van der Waals surface area (Å²) in [4.78, 5) is 12.9. The first kappa shape index (κ1) is 47.0. The second-order valence-electron chi connectivity index (χ2n) is 20.1. The van der Waals surface area contributed by atoms with E-state index in [2.05, 4.69) is 13.0 Å². The molecule has 6 fully saturated rings. The molecular formula is C47H68O16. The van der Waals surface area contributed by atoms with E-state index in [1.165, 1.54) is 31.7 Å². The number of hydrogen-bond acceptors (Lipinski definition) is 16. The smallest absolute Gasteiger partial charge is 0.338 e. The zero-order chi connectivity index (χ0) is 45.3. The first-order valence-corrected chi connectivity index (χ1v) is 22.7. The molecule has 21 atom stereocenters. The Hall–Kier alpha value is -2.55. The number of aliphatic hydroxyl groups is 8. The lowest BCUT2D eigenvalue weighted by Crippen LogP contribution is -2.64. The summed E-state index contributed by atoms with van der Waals surface area (Å²) < 4.78 is 41.7. The van der Waals surface area contributed by atoms with Gasteiger partial charge in [0.05, 0.1) is 49.1 Å². The Morgan fingerprint density at radius 3 is 2.25 bits per heavy atom. The van der Waals surface area contributed by atoms with Crippen molar-refractivity contribution in [2.45, 2.75) is 165 Å². The standard InChI is InChI=1S/C47H68O16/c1-22(2)17-31-42(55)60-32-19-30-28-12-9-25-18-27(13-15-45(25,4)29(28)14-16-47(30,21-49)40(32)46(31,5)56)59-44-39(35(51)34(50)33(20-48)61-44)63-43-37(53)36(52)38(23(3)58-43)62-41(54)24-7-10-26(57-6)11-8-24/h7-11,17,23,27-40,42-44,48-53,55-56H,12-16,18-21H2,1-6H3/t23-,27-,28+,29-,30-,31-,32-,33+,34+,35-,36-,37+,38-,39+,40+,42+,43-,44+,45-,46-,47+/m0/s1. The van der Waals surface area contributed by atoms with Crippen molar-refractivity contribution in [3.8, 4) is 5.75 Å². The van der Waals surface area contributed by atoms with Gasteiger partial charge >= 0.3 is 5.97 Å². The van der Waals surface area contributed by atoms with Gasteiger partial charge in [0.25, 0.3) is 0 Å². The highest BCUT2D eigenvalue weighted by Gasteiger charge is 2.70. The molecule has 0 unspecified atom stereocenters. The van der Waals surface area contributed by atoms with Gasteiger partial charge in [-0.1, -0.05) is 30.2 Å². The number of methoxy groups -OCH3 is 1. The van der Waals surface area contributed by atoms with Crippen molar-refractivity contribution < 1.29 is 78.8 Å². The summed E-state index contributed by atoms with van der Waals surface area (Å²) in [6, 6.07) is 6.18. The Bertz CT molecular complexity index is 1850. The molecule has 1 aromatic carbocycles. The Morgan fingerprint density at radius 2 is 1.59 bits per heavy atom. The van der Waals surface area contributed by atoms with E-state index in [9.17, 15) is 45.6 Å². The normalized spacial score (nSPS) is 48.1. The first-order valence-electron chi connectivity index (χ1n) is 22.7. The maximum Gasteiger partial charge on any atom is 0.338 e. The van der Waals surface area contributed by atoms with Crippen LogP contribution in [0, 0.1) is 40.4 Å². The Labute approximate surface area is 368 Å². The molecule has 0 spiro atoms. The second kappa shape index (κ2) is 17.9. The van der Waals surface area contributed by atoms with E-state index in [0.29, 0.717) is 30.9 Å². The number of fused-ring (bicyclic) bond motifs is 7. The predicted octanol–water partition coefficient (Wildman–Crippen LogP) is 2.11. The lowest BCUT2D eigenvalue weighted by Gasteiger charge is -2.60. The molecule has 63 heavy (non-hydrogen) atoms. The van der Waals surface area contributed by atoms with E-state index in [1.807, 2.05) is 19.9 Å². The number of carbonyl (C=O) groups excluding carboxylic acids is 1. The van der Waals surface area contributed by atoms with Gasteiger partial charge in [0.1, 0.15) is 42.4 Å². The van der Waals surface area contributed by atoms with Gasteiger partial charge in [-0.25, -0.2) is 4.79 Å². The summed E-state index contributed by atoms with van der Waals surface area (Å²) in [7, 11) is 1.50. The van der Waals surface area contributed by atoms with Gasteiger partial charge in [-0.15, -0.1) is 0 Å². The van der Waals surface area contributed by atoms with Crippen molar-refractivity contribution in [3.05, 3.63) is 53.1 Å². The molecule has 3 saturated carbocycles. The Kier molecular flexibility index (Phi) is 13.4. The summed E-state index contributed by atoms with van der Waals surface area (Å²) in [6.45, 7) is 8.84. The molecule has 16 heteroatoms. The highest BCUT2D eigenvalue weighted by molar-refractivity contribution is 5.89. The van der Waals surface area contributed by atoms with Crippen LogP contribution in [0.4, 0.5) is 0 Å². The monoisotopic (exact) mass is 888 g/mol. The molecule has 8 N–H and O–H groups in total. The second-order valence-corrected chi connectivity index (χ2v) is 20.1. The van der Waals surface area contributed by atoms with Gasteiger partial charge in [0.15, 0.2) is 25.0 Å². The van der Waals surface area contributed by atoms with Gasteiger partial charge in [0, 0.05) is 17.9 Å². The van der Waals surface area contributed by atoms with Crippen LogP contribution in [0.5, 0.6) is 5.75 Å². The van der Waals surface area contributed by atoms with Crippen LogP contribution in [-0.4, -0.2) is 153 Å². The van der Waals surface area contributed by atoms with Crippen molar-refractivity contribution >= 4 is 5.97 Å². The lowest BCUT2D eigenvalue weighted by atomic mass is 9.46. The van der Waals surface area contributed by atoms with E-state index in [1.54, 1.807) is 19.1 Å². The zero-order valence-electron chi connectivity index (χ0n) is 37.1. The van der Waals surface area contributed by atoms with Crippen molar-refractivity contribution in [3.63, 3.8) is 0 Å². The SMILES string of the molecule is COc1ccc(C(=O)O[C@@H]2[C@@H](O)[C@@H](O)[C@H](O[C@H]3[C@H](O[C@H]4CC[C@@]5(C)C(=CC[C@H]6[C@@H]7C[C@@H]8O[C@@H](O)[C@H](C=C(C)C)[C@](C)(O)[C@@H]8[C@@]7(CO)CC[C@@H]65)C4)O[C@H](CO)[C@@H](O)[C@@H]3O)O[C@H]2C)cc1. The number of rotatable bonds is 10. The van der Waals surface area contributed by atoms with Gasteiger partial charge < -0.3 is 74.0 Å². The van der Waals surface area contributed by atoms with Crippen LogP contribution in [0.3, 0.4) is 0 Å². The van der Waals surface area contributed by atoms with E-state index in [0.717, 1.165) is 31.3 Å². The Balaban J connectivity index is 0.958. The van der Waals surface area contributed by atoms with Crippen LogP contribution in [0.1, 0.15) is 89.9 Å². The third kappa shape index (κ3) is 8.12. The molecule has 4 aliphatic carbocycles. The largest absolute Gasteiger partial charge is 0.497 e. The van der Waals surface area contributed by atoms with Crippen LogP contribution in [0.2, 0.25) is 0 Å². The minimum atomic E-state index is -1.75. The van der Waals surface area contributed by atoms with Crippen LogP contribution in [0.15, 0.2) is 47.6 Å². The van der Waals surface area contributed by atoms with Crippen LogP contribution in [-0.2, 0) is 28.4 Å². The van der Waals surface area contributed by atoms with Gasteiger partial charge in [0.2, 0.25) is 0 Å². The minimum Gasteiger partial charge on any atom is -0.497 e. The third-order valence-electron chi connectivity index (χ3n) is 16.3. The number of carbonyl (C=O) groups is 1. The van der Waals surface area contributed by atoms with E-state index in [4.69, 9.17) is 33.2 Å². The highest BCUT2D eigenvalue weighted by atomic mass is 16.8. The fraction of sp³-hybridized carbons (Fsp3) is 0.766. The van der Waals surface area contributed by atoms with Crippen LogP contribution >= 0.6 is 0 Å². The molecule has 3 heterocycles. The molecule has 352 valence electrons. The summed E-state index contributed by atoms with van der Waals surface area (Å²) >= 11 is 0. The molecule has 8 rings (SSSR count). The molecule has 1 aromatic rings. The molecular weight excluding hydrogens is 821 g/mol. The van der Waals surface area contributed by atoms with Crippen molar-refractivity contribution in [2.75, 3.05) is 20.3 Å². The molecule has 16 nitrogen and oxygen atoms in total. The van der Waals surface area contributed by atoms with Crippen molar-refractivity contribution in [1.82, 2.24) is 0 Å². The summed E-state index contributed by atoms with van der Waals surface area (Å²) in [5, 5.41) is 89.4. The average Bonchev–Trinajstić information content (AvgIpc) is 3.60. The maximum absolute atomic E-state index is 12.9. The summed E-state index contributed by atoms with van der Waals surface area (Å²) in [5.41, 5.74) is 0.383. The van der Waals surface area contributed by atoms with E-state index < -0.39 is 103 Å². The quantitative estimate of drug-likeness (QED) is 0.124. The maximum atomic E-state index is 12.9. The zero-order valence-corrected chi connectivity index (χ0v) is 37.1. The van der Waals surface area contributed by atoms with Gasteiger partial charge in [-0.2, -0.15) is 0 Å². The Morgan fingerprint density at radius 1 is 0.873 bits per heavy atom. The fourth-order valence-corrected chi connectivity index (χ4v) is 13.2. The number of esters is 1. The number of allylic oxidation sites excluding steroid dienone is 2. The molecule has 0 radical (unpaired) electrons. The third-order valence-corrected chi connectivity index (χ3v) is 16.3. The fourth-order valence-electron chi connectivity index (χ4n) is 13.2. The minimum absolute atomic E-state index is 0.0676. The van der Waals surface area contributed by atoms with E-state index in [-0.39, 0.29) is 41.4 Å². The molecule has 7 aliphatic rings.